The van der Waals surface area contributed by atoms with E-state index in [1.807, 2.05) is 0 Å². The van der Waals surface area contributed by atoms with Crippen molar-refractivity contribution in [3.8, 4) is 6.07 Å². The minimum atomic E-state index is 0.0392. The fraction of sp³-hybridized carbons (Fsp3) is 0.964. The molecule has 3 aliphatic rings. The van der Waals surface area contributed by atoms with Crippen molar-refractivity contribution in [1.82, 2.24) is 0 Å². The molecule has 0 spiro atoms. The van der Waals surface area contributed by atoms with E-state index in [0.717, 1.165) is 29.6 Å². The maximum atomic E-state index is 10.0. The fourth-order valence-electron chi connectivity index (χ4n) is 7.37. The van der Waals surface area contributed by atoms with E-state index >= 15 is 0 Å². The number of hydrogen-bond donors (Lipinski definition) is 0. The molecule has 0 radical (unpaired) electrons. The maximum Gasteiger partial charge on any atom is 0.0689 e. The van der Waals surface area contributed by atoms with Crippen LogP contribution < -0.4 is 0 Å². The Balaban J connectivity index is 1.42. The third-order valence-corrected chi connectivity index (χ3v) is 9.35. The predicted octanol–water partition coefficient (Wildman–Crippen LogP) is 9.07. The van der Waals surface area contributed by atoms with E-state index in [1.54, 1.807) is 0 Å². The molecule has 0 amide bonds. The summed E-state index contributed by atoms with van der Waals surface area (Å²) in [6.45, 7) is 4.62. The first-order valence-electron chi connectivity index (χ1n) is 13.6. The summed E-state index contributed by atoms with van der Waals surface area (Å²) in [5.74, 6) is 4.93. The SMILES string of the molecule is CCCCCCCC1(C#N)CCC2CC(C3CCC(CCCC)CC3)CCC2C1. The van der Waals surface area contributed by atoms with Gasteiger partial charge in [-0.15, -0.1) is 0 Å². The monoisotopic (exact) mass is 399 g/mol. The molecule has 1 heteroatoms. The Morgan fingerprint density at radius 1 is 0.724 bits per heavy atom. The van der Waals surface area contributed by atoms with Gasteiger partial charge >= 0.3 is 0 Å². The van der Waals surface area contributed by atoms with E-state index in [0.29, 0.717) is 0 Å². The standard InChI is InChI=1S/C28H49N/c1-3-5-7-8-9-18-28(22-29)19-17-26-20-25(15-16-27(26)21-28)24-13-11-23(12-14-24)10-6-4-2/h23-27H,3-21H2,1-2H3. The molecule has 3 saturated carbocycles. The molecule has 0 saturated heterocycles. The summed E-state index contributed by atoms with van der Waals surface area (Å²) >= 11 is 0. The van der Waals surface area contributed by atoms with Gasteiger partial charge < -0.3 is 0 Å². The molecule has 3 rings (SSSR count). The van der Waals surface area contributed by atoms with Crippen LogP contribution in [0.4, 0.5) is 0 Å². The summed E-state index contributed by atoms with van der Waals surface area (Å²) in [5, 5.41) is 10.0. The van der Waals surface area contributed by atoms with Gasteiger partial charge in [0.25, 0.3) is 0 Å². The number of nitrogens with zero attached hydrogens (tertiary/aromatic N) is 1. The third kappa shape index (κ3) is 6.48. The topological polar surface area (TPSA) is 23.8 Å². The van der Waals surface area contributed by atoms with Crippen LogP contribution in [0.3, 0.4) is 0 Å². The average molecular weight is 400 g/mol. The molecule has 0 N–H and O–H groups in total. The minimum Gasteiger partial charge on any atom is -0.198 e. The van der Waals surface area contributed by atoms with Crippen molar-refractivity contribution in [3.05, 3.63) is 0 Å². The first-order valence-corrected chi connectivity index (χ1v) is 13.6. The van der Waals surface area contributed by atoms with Gasteiger partial charge in [-0.1, -0.05) is 78.1 Å². The molecule has 0 aromatic heterocycles. The Bertz CT molecular complexity index is 497. The summed E-state index contributed by atoms with van der Waals surface area (Å²) in [4.78, 5) is 0. The highest BCUT2D eigenvalue weighted by molar-refractivity contribution is 5.04. The molecule has 166 valence electrons. The lowest BCUT2D eigenvalue weighted by atomic mass is 9.57. The quantitative estimate of drug-likeness (QED) is 0.336. The fourth-order valence-corrected chi connectivity index (χ4v) is 7.37. The number of fused-ring (bicyclic) bond motifs is 1. The van der Waals surface area contributed by atoms with Crippen molar-refractivity contribution < 1.29 is 0 Å². The molecule has 1 nitrogen and oxygen atoms in total. The zero-order valence-corrected chi connectivity index (χ0v) is 19.8. The number of rotatable bonds is 10. The van der Waals surface area contributed by atoms with Gasteiger partial charge in [0.2, 0.25) is 0 Å². The molecule has 3 fully saturated rings. The summed E-state index contributed by atoms with van der Waals surface area (Å²) in [6.07, 6.45) is 26.5. The molecule has 0 aromatic carbocycles. The highest BCUT2D eigenvalue weighted by Gasteiger charge is 2.44. The van der Waals surface area contributed by atoms with E-state index in [4.69, 9.17) is 0 Å². The van der Waals surface area contributed by atoms with Gasteiger partial charge in [0.05, 0.1) is 11.5 Å². The minimum absolute atomic E-state index is 0.0392. The van der Waals surface area contributed by atoms with Crippen LogP contribution in [0, 0.1) is 46.3 Å². The Hall–Kier alpha value is -0.510. The van der Waals surface area contributed by atoms with Gasteiger partial charge in [0, 0.05) is 0 Å². The highest BCUT2D eigenvalue weighted by atomic mass is 14.5. The first kappa shape index (κ1) is 23.2. The lowest BCUT2D eigenvalue weighted by Crippen LogP contribution is -2.38. The first-order chi connectivity index (χ1) is 14.2. The lowest BCUT2D eigenvalue weighted by Gasteiger charge is -2.47. The molecule has 4 unspecified atom stereocenters. The summed E-state index contributed by atoms with van der Waals surface area (Å²) in [7, 11) is 0. The highest BCUT2D eigenvalue weighted by Crippen LogP contribution is 2.53. The van der Waals surface area contributed by atoms with Crippen LogP contribution in [-0.2, 0) is 0 Å². The number of hydrogen-bond acceptors (Lipinski definition) is 1. The van der Waals surface area contributed by atoms with Crippen LogP contribution in [0.1, 0.15) is 136 Å². The molecule has 29 heavy (non-hydrogen) atoms. The van der Waals surface area contributed by atoms with Gasteiger partial charge in [0.15, 0.2) is 0 Å². The normalized spacial score (nSPS) is 37.6. The van der Waals surface area contributed by atoms with Crippen LogP contribution in [0.5, 0.6) is 0 Å². The molecule has 0 aliphatic heterocycles. The van der Waals surface area contributed by atoms with Crippen molar-refractivity contribution >= 4 is 0 Å². The van der Waals surface area contributed by atoms with E-state index in [-0.39, 0.29) is 5.41 Å². The van der Waals surface area contributed by atoms with Crippen LogP contribution >= 0.6 is 0 Å². The Kier molecular flexibility index (Phi) is 9.40. The number of nitriles is 1. The summed E-state index contributed by atoms with van der Waals surface area (Å²) in [6, 6.07) is 2.84. The summed E-state index contributed by atoms with van der Waals surface area (Å²) in [5.41, 5.74) is 0.0392. The van der Waals surface area contributed by atoms with Gasteiger partial charge in [-0.2, -0.15) is 5.26 Å². The Morgan fingerprint density at radius 3 is 2.10 bits per heavy atom. The second-order valence-electron chi connectivity index (χ2n) is 11.3. The maximum absolute atomic E-state index is 10.0. The van der Waals surface area contributed by atoms with Crippen LogP contribution in [0.15, 0.2) is 0 Å². The molecular weight excluding hydrogens is 350 g/mol. The van der Waals surface area contributed by atoms with Crippen LogP contribution in [-0.4, -0.2) is 0 Å². The van der Waals surface area contributed by atoms with Crippen molar-refractivity contribution in [1.29, 1.82) is 5.26 Å². The van der Waals surface area contributed by atoms with E-state index in [9.17, 15) is 5.26 Å². The van der Waals surface area contributed by atoms with Crippen molar-refractivity contribution in [2.24, 2.45) is 35.0 Å². The predicted molar refractivity (Wildman–Crippen MR) is 125 cm³/mol. The van der Waals surface area contributed by atoms with E-state index < -0.39 is 0 Å². The zero-order chi connectivity index (χ0) is 20.5. The Morgan fingerprint density at radius 2 is 1.38 bits per heavy atom. The van der Waals surface area contributed by atoms with Gasteiger partial charge in [-0.25, -0.2) is 0 Å². The van der Waals surface area contributed by atoms with Crippen molar-refractivity contribution in [2.45, 2.75) is 136 Å². The smallest absolute Gasteiger partial charge is 0.0689 e. The molecule has 0 aromatic rings. The molecule has 3 aliphatic carbocycles. The largest absolute Gasteiger partial charge is 0.198 e. The third-order valence-electron chi connectivity index (χ3n) is 9.35. The lowest BCUT2D eigenvalue weighted by molar-refractivity contribution is 0.0377. The molecule has 4 atom stereocenters. The van der Waals surface area contributed by atoms with Crippen molar-refractivity contribution in [2.75, 3.05) is 0 Å². The summed E-state index contributed by atoms with van der Waals surface area (Å²) < 4.78 is 0. The van der Waals surface area contributed by atoms with Gasteiger partial charge in [-0.05, 0) is 87.4 Å². The van der Waals surface area contributed by atoms with Gasteiger partial charge in [0.1, 0.15) is 0 Å². The van der Waals surface area contributed by atoms with Crippen LogP contribution in [0.2, 0.25) is 0 Å². The molecular formula is C28H49N. The Labute approximate surface area is 182 Å². The second kappa shape index (κ2) is 11.8. The average Bonchev–Trinajstić information content (AvgIpc) is 2.77. The van der Waals surface area contributed by atoms with Gasteiger partial charge in [-0.3, -0.25) is 0 Å². The molecule has 0 heterocycles. The van der Waals surface area contributed by atoms with E-state index in [1.165, 1.54) is 122 Å². The van der Waals surface area contributed by atoms with Crippen molar-refractivity contribution in [3.63, 3.8) is 0 Å². The second-order valence-corrected chi connectivity index (χ2v) is 11.3. The molecule has 0 bridgehead atoms. The zero-order valence-electron chi connectivity index (χ0n) is 19.8. The van der Waals surface area contributed by atoms with Crippen LogP contribution in [0.25, 0.3) is 0 Å². The van der Waals surface area contributed by atoms with E-state index in [2.05, 4.69) is 19.9 Å². The number of unbranched alkanes of at least 4 members (excludes halogenated alkanes) is 5.